The number of carbonyl (C=O) groups is 1. The highest BCUT2D eigenvalue weighted by Gasteiger charge is 2.21. The summed E-state index contributed by atoms with van der Waals surface area (Å²) in [7, 11) is 0. The van der Waals surface area contributed by atoms with E-state index in [4.69, 9.17) is 4.74 Å². The number of aryl methyl sites for hydroxylation is 2. The third-order valence-corrected chi connectivity index (χ3v) is 6.47. The van der Waals surface area contributed by atoms with Crippen LogP contribution < -0.4 is 10.1 Å². The molecule has 0 saturated carbocycles. The van der Waals surface area contributed by atoms with Crippen molar-refractivity contribution in [3.8, 4) is 5.75 Å². The molecule has 2 aromatic carbocycles. The van der Waals surface area contributed by atoms with Crippen molar-refractivity contribution in [3.05, 3.63) is 65.0 Å². The summed E-state index contributed by atoms with van der Waals surface area (Å²) in [5.41, 5.74) is 4.34. The lowest BCUT2D eigenvalue weighted by Crippen LogP contribution is -2.17. The lowest BCUT2D eigenvalue weighted by atomic mass is 10.0. The standard InChI is InChI=1S/C27H36N4O2S/c1-17(2)15-31-26(21(7)33-23-11-9-22(10-12-23)18(3)4)29-30-27(31)34-16-25(32)28-24-13-8-19(5)14-20(24)6/h8-14,17-18,21H,15-16H2,1-7H3,(H,28,32). The molecular weight excluding hydrogens is 444 g/mol. The van der Waals surface area contributed by atoms with Gasteiger partial charge in [0, 0.05) is 12.2 Å². The summed E-state index contributed by atoms with van der Waals surface area (Å²) >= 11 is 1.40. The Labute approximate surface area is 207 Å². The highest BCUT2D eigenvalue weighted by molar-refractivity contribution is 7.99. The van der Waals surface area contributed by atoms with E-state index in [-0.39, 0.29) is 17.8 Å². The molecule has 0 aliphatic carbocycles. The molecule has 0 radical (unpaired) electrons. The van der Waals surface area contributed by atoms with Crippen molar-refractivity contribution in [2.45, 2.75) is 72.2 Å². The summed E-state index contributed by atoms with van der Waals surface area (Å²) in [6.07, 6.45) is -0.269. The van der Waals surface area contributed by atoms with Gasteiger partial charge in [-0.15, -0.1) is 10.2 Å². The molecule has 0 spiro atoms. The number of nitrogens with one attached hydrogen (secondary N) is 1. The summed E-state index contributed by atoms with van der Waals surface area (Å²) in [5.74, 6) is 2.64. The SMILES string of the molecule is Cc1ccc(NC(=O)CSc2nnc(C(C)Oc3ccc(C(C)C)cc3)n2CC(C)C)c(C)c1. The van der Waals surface area contributed by atoms with Crippen molar-refractivity contribution >= 4 is 23.4 Å². The smallest absolute Gasteiger partial charge is 0.234 e. The van der Waals surface area contributed by atoms with Crippen molar-refractivity contribution in [2.24, 2.45) is 5.92 Å². The molecule has 1 atom stereocenters. The van der Waals surface area contributed by atoms with E-state index < -0.39 is 0 Å². The first-order chi connectivity index (χ1) is 16.1. The molecule has 1 amide bonds. The van der Waals surface area contributed by atoms with Gasteiger partial charge < -0.3 is 14.6 Å². The van der Waals surface area contributed by atoms with Gasteiger partial charge in [-0.2, -0.15) is 0 Å². The van der Waals surface area contributed by atoms with Gasteiger partial charge in [0.05, 0.1) is 5.75 Å². The van der Waals surface area contributed by atoms with E-state index in [1.165, 1.54) is 22.9 Å². The fourth-order valence-corrected chi connectivity index (χ4v) is 4.46. The van der Waals surface area contributed by atoms with Crippen LogP contribution in [0.2, 0.25) is 0 Å². The highest BCUT2D eigenvalue weighted by Crippen LogP contribution is 2.27. The van der Waals surface area contributed by atoms with Gasteiger partial charge in [0.2, 0.25) is 5.91 Å². The van der Waals surface area contributed by atoms with E-state index in [2.05, 4.69) is 66.0 Å². The summed E-state index contributed by atoms with van der Waals surface area (Å²) < 4.78 is 8.26. The first-order valence-electron chi connectivity index (χ1n) is 11.8. The molecule has 1 N–H and O–H groups in total. The number of anilines is 1. The van der Waals surface area contributed by atoms with Crippen LogP contribution in [-0.2, 0) is 11.3 Å². The number of ether oxygens (including phenoxy) is 1. The molecule has 0 aliphatic rings. The molecule has 0 aliphatic heterocycles. The fraction of sp³-hybridized carbons (Fsp3) is 0.444. The average molecular weight is 481 g/mol. The number of thioether (sulfide) groups is 1. The summed E-state index contributed by atoms with van der Waals surface area (Å²) in [5, 5.41) is 12.6. The quantitative estimate of drug-likeness (QED) is 0.333. The monoisotopic (exact) mass is 480 g/mol. The van der Waals surface area contributed by atoms with E-state index in [0.717, 1.165) is 34.5 Å². The molecule has 1 unspecified atom stereocenters. The van der Waals surface area contributed by atoms with Crippen LogP contribution in [0.25, 0.3) is 0 Å². The minimum Gasteiger partial charge on any atom is -0.483 e. The molecule has 7 heteroatoms. The maximum Gasteiger partial charge on any atom is 0.234 e. The molecule has 0 bridgehead atoms. The van der Waals surface area contributed by atoms with Gasteiger partial charge in [0.1, 0.15) is 5.75 Å². The van der Waals surface area contributed by atoms with Crippen LogP contribution in [-0.4, -0.2) is 26.4 Å². The minimum atomic E-state index is -0.269. The van der Waals surface area contributed by atoms with Crippen LogP contribution in [0.5, 0.6) is 5.75 Å². The Hall–Kier alpha value is -2.80. The Bertz CT molecular complexity index is 1110. The molecule has 1 aromatic heterocycles. The largest absolute Gasteiger partial charge is 0.483 e. The lowest BCUT2D eigenvalue weighted by molar-refractivity contribution is -0.113. The molecule has 6 nitrogen and oxygen atoms in total. The summed E-state index contributed by atoms with van der Waals surface area (Å²) in [4.78, 5) is 12.6. The van der Waals surface area contributed by atoms with Gasteiger partial charge in [-0.25, -0.2) is 0 Å². The third kappa shape index (κ3) is 6.86. The number of hydrogen-bond acceptors (Lipinski definition) is 5. The van der Waals surface area contributed by atoms with Crippen LogP contribution in [0.1, 0.15) is 69.2 Å². The van der Waals surface area contributed by atoms with Crippen LogP contribution >= 0.6 is 11.8 Å². The van der Waals surface area contributed by atoms with E-state index in [1.807, 2.05) is 45.0 Å². The zero-order valence-electron chi connectivity index (χ0n) is 21.3. The Morgan fingerprint density at radius 2 is 1.74 bits per heavy atom. The van der Waals surface area contributed by atoms with Crippen molar-refractivity contribution in [3.63, 3.8) is 0 Å². The number of carbonyl (C=O) groups excluding carboxylic acids is 1. The maximum atomic E-state index is 12.6. The Morgan fingerprint density at radius 1 is 1.03 bits per heavy atom. The third-order valence-electron chi connectivity index (χ3n) is 5.50. The Balaban J connectivity index is 1.69. The van der Waals surface area contributed by atoms with E-state index >= 15 is 0 Å². The first-order valence-corrected chi connectivity index (χ1v) is 12.8. The predicted molar refractivity (Wildman–Crippen MR) is 140 cm³/mol. The number of benzene rings is 2. The van der Waals surface area contributed by atoms with Gasteiger partial charge in [-0.1, -0.05) is 69.3 Å². The maximum absolute atomic E-state index is 12.6. The van der Waals surface area contributed by atoms with Gasteiger partial charge >= 0.3 is 0 Å². The Kier molecular flexibility index (Phi) is 8.78. The van der Waals surface area contributed by atoms with Crippen molar-refractivity contribution in [2.75, 3.05) is 11.1 Å². The molecular formula is C27H36N4O2S. The zero-order chi connectivity index (χ0) is 24.8. The number of amides is 1. The molecule has 34 heavy (non-hydrogen) atoms. The number of nitrogens with zero attached hydrogens (tertiary/aromatic N) is 3. The second-order valence-corrected chi connectivity index (χ2v) is 10.4. The first kappa shape index (κ1) is 25.8. The zero-order valence-corrected chi connectivity index (χ0v) is 22.1. The van der Waals surface area contributed by atoms with E-state index in [0.29, 0.717) is 11.8 Å². The van der Waals surface area contributed by atoms with Gasteiger partial charge in [0.15, 0.2) is 17.1 Å². The molecule has 1 heterocycles. The Morgan fingerprint density at radius 3 is 2.35 bits per heavy atom. The summed E-state index contributed by atoms with van der Waals surface area (Å²) in [6.45, 7) is 15.4. The highest BCUT2D eigenvalue weighted by atomic mass is 32.2. The molecule has 0 saturated heterocycles. The predicted octanol–water partition coefficient (Wildman–Crippen LogP) is 6.55. The van der Waals surface area contributed by atoms with Crippen LogP contribution in [0.4, 0.5) is 5.69 Å². The molecule has 3 rings (SSSR count). The minimum absolute atomic E-state index is 0.0628. The second kappa shape index (κ2) is 11.6. The van der Waals surface area contributed by atoms with Crippen LogP contribution in [0, 0.1) is 19.8 Å². The molecule has 182 valence electrons. The topological polar surface area (TPSA) is 69.0 Å². The van der Waals surface area contributed by atoms with Crippen molar-refractivity contribution < 1.29 is 9.53 Å². The van der Waals surface area contributed by atoms with Gasteiger partial charge in [-0.05, 0) is 61.9 Å². The number of aromatic nitrogens is 3. The van der Waals surface area contributed by atoms with Crippen LogP contribution in [0.3, 0.4) is 0 Å². The summed E-state index contributed by atoms with van der Waals surface area (Å²) in [6, 6.07) is 14.2. The average Bonchev–Trinajstić information content (AvgIpc) is 3.16. The molecule has 0 fully saturated rings. The van der Waals surface area contributed by atoms with Gasteiger partial charge in [-0.3, -0.25) is 4.79 Å². The van der Waals surface area contributed by atoms with E-state index in [1.54, 1.807) is 0 Å². The van der Waals surface area contributed by atoms with Crippen molar-refractivity contribution in [1.82, 2.24) is 14.8 Å². The van der Waals surface area contributed by atoms with Crippen LogP contribution in [0.15, 0.2) is 47.6 Å². The normalized spacial score (nSPS) is 12.3. The number of hydrogen-bond donors (Lipinski definition) is 1. The van der Waals surface area contributed by atoms with Crippen molar-refractivity contribution in [1.29, 1.82) is 0 Å². The number of rotatable bonds is 10. The second-order valence-electron chi connectivity index (χ2n) is 9.48. The van der Waals surface area contributed by atoms with E-state index in [9.17, 15) is 4.79 Å². The molecule has 3 aromatic rings. The lowest BCUT2D eigenvalue weighted by Gasteiger charge is -2.18. The van der Waals surface area contributed by atoms with Gasteiger partial charge in [0.25, 0.3) is 0 Å². The fourth-order valence-electron chi connectivity index (χ4n) is 3.70.